The third-order valence-electron chi connectivity index (χ3n) is 2.79. The molecule has 96 valence electrons. The van der Waals surface area contributed by atoms with Gasteiger partial charge in [-0.2, -0.15) is 0 Å². The van der Waals surface area contributed by atoms with Crippen LogP contribution in [0.1, 0.15) is 33.4 Å². The van der Waals surface area contributed by atoms with Gasteiger partial charge in [-0.3, -0.25) is 0 Å². The van der Waals surface area contributed by atoms with Crippen LogP contribution in [0.5, 0.6) is 11.5 Å². The molecule has 1 aromatic heterocycles. The number of hydrogen-bond acceptors (Lipinski definition) is 3. The molecular formula is C15H19NO2. The largest absolute Gasteiger partial charge is 0.506 e. The number of fused-ring (bicyclic) bond motifs is 1. The zero-order valence-corrected chi connectivity index (χ0v) is 11.3. The van der Waals surface area contributed by atoms with Gasteiger partial charge in [0.15, 0.2) is 0 Å². The van der Waals surface area contributed by atoms with Gasteiger partial charge < -0.3 is 9.84 Å². The minimum absolute atomic E-state index is 0.170. The van der Waals surface area contributed by atoms with E-state index in [1.807, 2.05) is 45.9 Å². The molecule has 0 bridgehead atoms. The van der Waals surface area contributed by atoms with Crippen LogP contribution in [0.25, 0.3) is 10.9 Å². The number of pyridine rings is 1. The van der Waals surface area contributed by atoms with Gasteiger partial charge in [0.2, 0.25) is 0 Å². The van der Waals surface area contributed by atoms with Gasteiger partial charge in [-0.05, 0) is 31.2 Å². The van der Waals surface area contributed by atoms with Crippen LogP contribution in [-0.2, 0) is 5.41 Å². The molecule has 0 aliphatic rings. The Morgan fingerprint density at radius 3 is 2.56 bits per heavy atom. The summed E-state index contributed by atoms with van der Waals surface area (Å²) in [5.41, 5.74) is 1.43. The Morgan fingerprint density at radius 2 is 1.94 bits per heavy atom. The maximum atomic E-state index is 10.1. The number of aromatic nitrogens is 1. The smallest absolute Gasteiger partial charge is 0.138 e. The standard InChI is InChI=1S/C15H19NO2/c1-5-18-11-6-7-12-10(8-11)9-13(17)14(16-12)15(2,3)4/h6-9,17H,5H2,1-4H3. The lowest BCUT2D eigenvalue weighted by atomic mass is 9.90. The zero-order chi connectivity index (χ0) is 13.3. The molecule has 1 heterocycles. The van der Waals surface area contributed by atoms with E-state index in [-0.39, 0.29) is 11.2 Å². The maximum absolute atomic E-state index is 10.1. The van der Waals surface area contributed by atoms with Gasteiger partial charge in [-0.25, -0.2) is 4.98 Å². The molecule has 2 aromatic rings. The Balaban J connectivity index is 2.57. The second-order valence-corrected chi connectivity index (χ2v) is 5.39. The number of nitrogens with zero attached hydrogens (tertiary/aromatic N) is 1. The molecule has 0 aliphatic heterocycles. The van der Waals surface area contributed by atoms with E-state index in [2.05, 4.69) is 4.98 Å². The molecule has 1 aromatic carbocycles. The van der Waals surface area contributed by atoms with Crippen molar-refractivity contribution in [1.29, 1.82) is 0 Å². The summed E-state index contributed by atoms with van der Waals surface area (Å²) in [7, 11) is 0. The van der Waals surface area contributed by atoms with Crippen molar-refractivity contribution in [3.05, 3.63) is 30.0 Å². The Labute approximate surface area is 107 Å². The van der Waals surface area contributed by atoms with Crippen LogP contribution in [0.2, 0.25) is 0 Å². The fraction of sp³-hybridized carbons (Fsp3) is 0.400. The Morgan fingerprint density at radius 1 is 1.22 bits per heavy atom. The minimum Gasteiger partial charge on any atom is -0.506 e. The van der Waals surface area contributed by atoms with E-state index in [9.17, 15) is 5.11 Å². The fourth-order valence-corrected chi connectivity index (χ4v) is 1.95. The van der Waals surface area contributed by atoms with Crippen LogP contribution in [0, 0.1) is 0 Å². The molecule has 0 saturated carbocycles. The van der Waals surface area contributed by atoms with Crippen molar-refractivity contribution in [2.45, 2.75) is 33.1 Å². The highest BCUT2D eigenvalue weighted by Gasteiger charge is 2.20. The van der Waals surface area contributed by atoms with Gasteiger partial charge in [0.25, 0.3) is 0 Å². The molecule has 0 atom stereocenters. The molecule has 0 radical (unpaired) electrons. The SMILES string of the molecule is CCOc1ccc2nc(C(C)(C)C)c(O)cc2c1. The number of ether oxygens (including phenoxy) is 1. The molecule has 18 heavy (non-hydrogen) atoms. The summed E-state index contributed by atoms with van der Waals surface area (Å²) >= 11 is 0. The fourth-order valence-electron chi connectivity index (χ4n) is 1.95. The summed E-state index contributed by atoms with van der Waals surface area (Å²) in [5.74, 6) is 1.04. The highest BCUT2D eigenvalue weighted by Crippen LogP contribution is 2.32. The highest BCUT2D eigenvalue weighted by molar-refractivity contribution is 5.82. The monoisotopic (exact) mass is 245 g/mol. The van der Waals surface area contributed by atoms with E-state index in [1.165, 1.54) is 0 Å². The maximum Gasteiger partial charge on any atom is 0.138 e. The predicted molar refractivity (Wildman–Crippen MR) is 73.3 cm³/mol. The van der Waals surface area contributed by atoms with Crippen molar-refractivity contribution < 1.29 is 9.84 Å². The molecule has 3 heteroatoms. The molecule has 0 fully saturated rings. The Bertz CT molecular complexity index is 570. The van der Waals surface area contributed by atoms with Crippen molar-refractivity contribution in [1.82, 2.24) is 4.98 Å². The van der Waals surface area contributed by atoms with Crippen molar-refractivity contribution in [3.8, 4) is 11.5 Å². The molecule has 2 rings (SSSR count). The van der Waals surface area contributed by atoms with Crippen molar-refractivity contribution >= 4 is 10.9 Å². The minimum atomic E-state index is -0.170. The van der Waals surface area contributed by atoms with Gasteiger partial charge in [-0.1, -0.05) is 20.8 Å². The number of benzene rings is 1. The Hall–Kier alpha value is -1.77. The van der Waals surface area contributed by atoms with Gasteiger partial charge >= 0.3 is 0 Å². The molecular weight excluding hydrogens is 226 g/mol. The van der Waals surface area contributed by atoms with E-state index < -0.39 is 0 Å². The van der Waals surface area contributed by atoms with E-state index in [0.29, 0.717) is 6.61 Å². The van der Waals surface area contributed by atoms with Gasteiger partial charge in [-0.15, -0.1) is 0 Å². The first-order valence-electron chi connectivity index (χ1n) is 6.19. The lowest BCUT2D eigenvalue weighted by molar-refractivity contribution is 0.340. The summed E-state index contributed by atoms with van der Waals surface area (Å²) in [5, 5.41) is 11.0. The van der Waals surface area contributed by atoms with Crippen molar-refractivity contribution in [3.63, 3.8) is 0 Å². The molecule has 0 unspecified atom stereocenters. The van der Waals surface area contributed by atoms with Crippen LogP contribution in [-0.4, -0.2) is 16.7 Å². The number of rotatable bonds is 2. The van der Waals surface area contributed by atoms with Crippen molar-refractivity contribution in [2.24, 2.45) is 0 Å². The number of hydrogen-bond donors (Lipinski definition) is 1. The molecule has 0 aliphatic carbocycles. The summed E-state index contributed by atoms with van der Waals surface area (Å²) in [6, 6.07) is 7.49. The lowest BCUT2D eigenvalue weighted by Crippen LogP contribution is -2.13. The molecule has 0 saturated heterocycles. The van der Waals surface area contributed by atoms with E-state index >= 15 is 0 Å². The van der Waals surface area contributed by atoms with Gasteiger partial charge in [0, 0.05) is 10.8 Å². The molecule has 0 amide bonds. The van der Waals surface area contributed by atoms with Gasteiger partial charge in [0.05, 0.1) is 17.8 Å². The second kappa shape index (κ2) is 4.48. The predicted octanol–water partition coefficient (Wildman–Crippen LogP) is 3.64. The summed E-state index contributed by atoms with van der Waals surface area (Å²) in [6.45, 7) is 8.69. The van der Waals surface area contributed by atoms with Crippen molar-refractivity contribution in [2.75, 3.05) is 6.61 Å². The number of aromatic hydroxyl groups is 1. The first-order valence-corrected chi connectivity index (χ1v) is 6.19. The summed E-state index contributed by atoms with van der Waals surface area (Å²) in [6.07, 6.45) is 0. The normalized spacial score (nSPS) is 11.8. The average Bonchev–Trinajstić information content (AvgIpc) is 2.27. The van der Waals surface area contributed by atoms with Crippen LogP contribution >= 0.6 is 0 Å². The molecule has 3 nitrogen and oxygen atoms in total. The third kappa shape index (κ3) is 2.40. The topological polar surface area (TPSA) is 42.4 Å². The van der Waals surface area contributed by atoms with E-state index in [4.69, 9.17) is 4.74 Å². The first-order chi connectivity index (χ1) is 8.41. The van der Waals surface area contributed by atoms with Crippen LogP contribution in [0.4, 0.5) is 0 Å². The van der Waals surface area contributed by atoms with E-state index in [0.717, 1.165) is 22.3 Å². The second-order valence-electron chi connectivity index (χ2n) is 5.39. The van der Waals surface area contributed by atoms with Crippen LogP contribution in [0.15, 0.2) is 24.3 Å². The van der Waals surface area contributed by atoms with Crippen LogP contribution < -0.4 is 4.74 Å². The zero-order valence-electron chi connectivity index (χ0n) is 11.3. The van der Waals surface area contributed by atoms with E-state index in [1.54, 1.807) is 6.07 Å². The summed E-state index contributed by atoms with van der Waals surface area (Å²) < 4.78 is 5.44. The van der Waals surface area contributed by atoms with Crippen LogP contribution in [0.3, 0.4) is 0 Å². The highest BCUT2D eigenvalue weighted by atomic mass is 16.5. The lowest BCUT2D eigenvalue weighted by Gasteiger charge is -2.19. The quantitative estimate of drug-likeness (QED) is 0.878. The first kappa shape index (κ1) is 12.7. The average molecular weight is 245 g/mol. The Kier molecular flexibility index (Phi) is 3.16. The van der Waals surface area contributed by atoms with Gasteiger partial charge in [0.1, 0.15) is 11.5 Å². The summed E-state index contributed by atoms with van der Waals surface area (Å²) in [4.78, 5) is 4.54. The molecule has 0 spiro atoms. The molecule has 1 N–H and O–H groups in total. The third-order valence-corrected chi connectivity index (χ3v) is 2.79.